The number of ether oxygens (including phenoxy) is 1. The lowest BCUT2D eigenvalue weighted by Crippen LogP contribution is -2.40. The molecule has 1 fully saturated rings. The number of carbonyl (C=O) groups is 1. The Hall–Kier alpha value is -1.55. The van der Waals surface area contributed by atoms with Gasteiger partial charge in [0.25, 0.3) is 5.91 Å². The standard InChI is InChI=1S/C14H20N2O2/c1-2-18-13-7-9-16(10-8-13)14(17)11-3-5-12(15)6-4-11/h3-6,13H,2,7-10,15H2,1H3. The van der Waals surface area contributed by atoms with E-state index in [0.29, 0.717) is 17.4 Å². The maximum atomic E-state index is 12.2. The molecule has 1 saturated heterocycles. The number of piperidine rings is 1. The quantitative estimate of drug-likeness (QED) is 0.831. The van der Waals surface area contributed by atoms with E-state index in [4.69, 9.17) is 10.5 Å². The zero-order chi connectivity index (χ0) is 13.0. The molecule has 0 unspecified atom stereocenters. The van der Waals surface area contributed by atoms with Crippen molar-refractivity contribution in [3.63, 3.8) is 0 Å². The highest BCUT2D eigenvalue weighted by Gasteiger charge is 2.23. The number of nitrogen functional groups attached to an aromatic ring is 1. The zero-order valence-corrected chi connectivity index (χ0v) is 10.8. The summed E-state index contributed by atoms with van der Waals surface area (Å²) in [6.07, 6.45) is 2.16. The largest absolute Gasteiger partial charge is 0.399 e. The predicted octanol–water partition coefficient (Wildman–Crippen LogP) is 1.91. The summed E-state index contributed by atoms with van der Waals surface area (Å²) in [5.41, 5.74) is 7.00. The van der Waals surface area contributed by atoms with E-state index >= 15 is 0 Å². The molecule has 0 bridgehead atoms. The van der Waals surface area contributed by atoms with Gasteiger partial charge in [0.15, 0.2) is 0 Å². The van der Waals surface area contributed by atoms with Crippen LogP contribution in [0, 0.1) is 0 Å². The molecule has 0 radical (unpaired) electrons. The Bertz CT molecular complexity index is 395. The highest BCUT2D eigenvalue weighted by atomic mass is 16.5. The van der Waals surface area contributed by atoms with Gasteiger partial charge in [-0.1, -0.05) is 0 Å². The second-order valence-corrected chi connectivity index (χ2v) is 4.57. The second-order valence-electron chi connectivity index (χ2n) is 4.57. The summed E-state index contributed by atoms with van der Waals surface area (Å²) in [5.74, 6) is 0.0879. The average Bonchev–Trinajstić information content (AvgIpc) is 2.40. The Morgan fingerprint density at radius 2 is 1.94 bits per heavy atom. The highest BCUT2D eigenvalue weighted by molar-refractivity contribution is 5.94. The first kappa shape index (κ1) is 12.9. The lowest BCUT2D eigenvalue weighted by atomic mass is 10.1. The third kappa shape index (κ3) is 3.01. The Kier molecular flexibility index (Phi) is 4.20. The zero-order valence-electron chi connectivity index (χ0n) is 10.8. The second kappa shape index (κ2) is 5.87. The molecule has 0 saturated carbocycles. The fourth-order valence-electron chi connectivity index (χ4n) is 2.27. The highest BCUT2D eigenvalue weighted by Crippen LogP contribution is 2.16. The Balaban J connectivity index is 1.93. The molecule has 0 spiro atoms. The van der Waals surface area contributed by atoms with Crippen LogP contribution in [-0.4, -0.2) is 36.6 Å². The van der Waals surface area contributed by atoms with Crippen LogP contribution in [0.4, 0.5) is 5.69 Å². The van der Waals surface area contributed by atoms with E-state index in [2.05, 4.69) is 0 Å². The van der Waals surface area contributed by atoms with E-state index in [1.165, 1.54) is 0 Å². The third-order valence-corrected chi connectivity index (χ3v) is 3.29. The summed E-state index contributed by atoms with van der Waals surface area (Å²) in [6.45, 7) is 4.30. The number of rotatable bonds is 3. The summed E-state index contributed by atoms with van der Waals surface area (Å²) in [5, 5.41) is 0. The van der Waals surface area contributed by atoms with E-state index < -0.39 is 0 Å². The Labute approximate surface area is 108 Å². The van der Waals surface area contributed by atoms with Gasteiger partial charge in [0.1, 0.15) is 0 Å². The summed E-state index contributed by atoms with van der Waals surface area (Å²) < 4.78 is 5.58. The summed E-state index contributed by atoms with van der Waals surface area (Å²) >= 11 is 0. The van der Waals surface area contributed by atoms with Crippen LogP contribution in [0.3, 0.4) is 0 Å². The van der Waals surface area contributed by atoms with Gasteiger partial charge < -0.3 is 15.4 Å². The van der Waals surface area contributed by atoms with Gasteiger partial charge in [-0.2, -0.15) is 0 Å². The van der Waals surface area contributed by atoms with Crippen LogP contribution in [0.1, 0.15) is 30.1 Å². The molecular weight excluding hydrogens is 228 g/mol. The predicted molar refractivity (Wildman–Crippen MR) is 71.4 cm³/mol. The van der Waals surface area contributed by atoms with E-state index in [0.717, 1.165) is 32.5 Å². The monoisotopic (exact) mass is 248 g/mol. The molecule has 2 rings (SSSR count). The number of hydrogen-bond donors (Lipinski definition) is 1. The fraction of sp³-hybridized carbons (Fsp3) is 0.500. The van der Waals surface area contributed by atoms with Crippen LogP contribution in [0.5, 0.6) is 0 Å². The van der Waals surface area contributed by atoms with Crippen molar-refractivity contribution in [3.05, 3.63) is 29.8 Å². The van der Waals surface area contributed by atoms with Crippen molar-refractivity contribution in [1.82, 2.24) is 4.90 Å². The average molecular weight is 248 g/mol. The van der Waals surface area contributed by atoms with Crippen LogP contribution >= 0.6 is 0 Å². The summed E-state index contributed by atoms with van der Waals surface area (Å²) in [6, 6.07) is 7.10. The molecule has 1 aromatic rings. The maximum absolute atomic E-state index is 12.2. The summed E-state index contributed by atoms with van der Waals surface area (Å²) in [4.78, 5) is 14.1. The minimum Gasteiger partial charge on any atom is -0.399 e. The molecule has 0 aromatic heterocycles. The smallest absolute Gasteiger partial charge is 0.253 e. The Morgan fingerprint density at radius 3 is 2.50 bits per heavy atom. The third-order valence-electron chi connectivity index (χ3n) is 3.29. The first-order chi connectivity index (χ1) is 8.70. The number of carbonyl (C=O) groups excluding carboxylic acids is 1. The van der Waals surface area contributed by atoms with Crippen molar-refractivity contribution in [3.8, 4) is 0 Å². The molecule has 0 atom stereocenters. The van der Waals surface area contributed by atoms with Gasteiger partial charge in [0, 0.05) is 30.9 Å². The number of anilines is 1. The van der Waals surface area contributed by atoms with Gasteiger partial charge in [-0.3, -0.25) is 4.79 Å². The van der Waals surface area contributed by atoms with Crippen LogP contribution in [0.2, 0.25) is 0 Å². The fourth-order valence-corrected chi connectivity index (χ4v) is 2.27. The van der Waals surface area contributed by atoms with Crippen molar-refractivity contribution >= 4 is 11.6 Å². The molecule has 1 aromatic carbocycles. The first-order valence-corrected chi connectivity index (χ1v) is 6.47. The topological polar surface area (TPSA) is 55.6 Å². The SMILES string of the molecule is CCOC1CCN(C(=O)c2ccc(N)cc2)CC1. The van der Waals surface area contributed by atoms with Gasteiger partial charge in [0.05, 0.1) is 6.10 Å². The van der Waals surface area contributed by atoms with Crippen molar-refractivity contribution < 1.29 is 9.53 Å². The molecule has 1 heterocycles. The normalized spacial score (nSPS) is 16.8. The van der Waals surface area contributed by atoms with Gasteiger partial charge in [-0.25, -0.2) is 0 Å². The number of likely N-dealkylation sites (tertiary alicyclic amines) is 1. The molecule has 2 N–H and O–H groups in total. The van der Waals surface area contributed by atoms with E-state index in [1.54, 1.807) is 24.3 Å². The van der Waals surface area contributed by atoms with Crippen molar-refractivity contribution in [1.29, 1.82) is 0 Å². The molecule has 1 aliphatic rings. The minimum atomic E-state index is 0.0879. The maximum Gasteiger partial charge on any atom is 0.253 e. The van der Waals surface area contributed by atoms with Crippen LogP contribution in [0.15, 0.2) is 24.3 Å². The molecule has 4 nitrogen and oxygen atoms in total. The van der Waals surface area contributed by atoms with Gasteiger partial charge in [-0.05, 0) is 44.0 Å². The number of nitrogens with zero attached hydrogens (tertiary/aromatic N) is 1. The number of benzene rings is 1. The van der Waals surface area contributed by atoms with Crippen LogP contribution in [-0.2, 0) is 4.74 Å². The lowest BCUT2D eigenvalue weighted by Gasteiger charge is -2.31. The van der Waals surface area contributed by atoms with Gasteiger partial charge >= 0.3 is 0 Å². The van der Waals surface area contributed by atoms with Gasteiger partial charge in [0.2, 0.25) is 0 Å². The van der Waals surface area contributed by atoms with Crippen LogP contribution in [0.25, 0.3) is 0 Å². The van der Waals surface area contributed by atoms with E-state index in [1.807, 2.05) is 11.8 Å². The first-order valence-electron chi connectivity index (χ1n) is 6.47. The molecule has 4 heteroatoms. The minimum absolute atomic E-state index is 0.0879. The van der Waals surface area contributed by atoms with Crippen molar-refractivity contribution in [2.45, 2.75) is 25.9 Å². The number of nitrogens with two attached hydrogens (primary N) is 1. The van der Waals surface area contributed by atoms with Gasteiger partial charge in [-0.15, -0.1) is 0 Å². The van der Waals surface area contributed by atoms with E-state index in [9.17, 15) is 4.79 Å². The molecule has 98 valence electrons. The molecule has 1 amide bonds. The van der Waals surface area contributed by atoms with E-state index in [-0.39, 0.29) is 5.91 Å². The number of hydrogen-bond acceptors (Lipinski definition) is 3. The molecule has 0 aliphatic carbocycles. The lowest BCUT2D eigenvalue weighted by molar-refractivity contribution is 0.0146. The molecule has 1 aliphatic heterocycles. The van der Waals surface area contributed by atoms with Crippen LogP contribution < -0.4 is 5.73 Å². The van der Waals surface area contributed by atoms with Crippen molar-refractivity contribution in [2.75, 3.05) is 25.4 Å². The molecule has 18 heavy (non-hydrogen) atoms. The Morgan fingerprint density at radius 1 is 1.33 bits per heavy atom. The summed E-state index contributed by atoms with van der Waals surface area (Å²) in [7, 11) is 0. The number of amides is 1. The van der Waals surface area contributed by atoms with Crippen molar-refractivity contribution in [2.24, 2.45) is 0 Å². The molecular formula is C14H20N2O2.